The van der Waals surface area contributed by atoms with E-state index in [4.69, 9.17) is 9.47 Å². The molecule has 0 spiro atoms. The summed E-state index contributed by atoms with van der Waals surface area (Å²) in [6.07, 6.45) is 13.1. The normalized spacial score (nSPS) is 10.5. The zero-order chi connectivity index (χ0) is 25.6. The van der Waals surface area contributed by atoms with E-state index in [0.717, 1.165) is 22.6 Å². The number of carbonyl (C=O) groups is 2. The molecular formula is C30H26N2O4. The molecule has 0 aliphatic carbocycles. The molecule has 0 unspecified atom stereocenters. The summed E-state index contributed by atoms with van der Waals surface area (Å²) in [7, 11) is 3.25. The third-order valence-electron chi connectivity index (χ3n) is 5.02. The highest BCUT2D eigenvalue weighted by molar-refractivity contribution is 6.07. The second-order valence-electron chi connectivity index (χ2n) is 7.41. The van der Waals surface area contributed by atoms with E-state index in [-0.39, 0.29) is 11.6 Å². The molecule has 0 saturated carbocycles. The minimum absolute atomic E-state index is 0.0341. The predicted octanol–water partition coefficient (Wildman–Crippen LogP) is 5.97. The van der Waals surface area contributed by atoms with E-state index in [1.807, 2.05) is 48.5 Å². The molecule has 36 heavy (non-hydrogen) atoms. The number of ether oxygens (including phenoxy) is 2. The summed E-state index contributed by atoms with van der Waals surface area (Å²) in [6.45, 7) is 0. The lowest BCUT2D eigenvalue weighted by Gasteiger charge is -1.99. The van der Waals surface area contributed by atoms with Gasteiger partial charge in [-0.1, -0.05) is 36.4 Å². The molecule has 0 radical (unpaired) electrons. The summed E-state index contributed by atoms with van der Waals surface area (Å²) < 4.78 is 10.1. The van der Waals surface area contributed by atoms with Crippen LogP contribution in [0.5, 0.6) is 11.5 Å². The Hall–Kier alpha value is -4.84. The lowest BCUT2D eigenvalue weighted by atomic mass is 10.1. The van der Waals surface area contributed by atoms with Gasteiger partial charge in [-0.25, -0.2) is 0 Å². The van der Waals surface area contributed by atoms with Gasteiger partial charge < -0.3 is 9.47 Å². The van der Waals surface area contributed by atoms with Crippen molar-refractivity contribution in [1.82, 2.24) is 9.97 Å². The fourth-order valence-corrected chi connectivity index (χ4v) is 3.00. The monoisotopic (exact) mass is 478 g/mol. The van der Waals surface area contributed by atoms with Crippen LogP contribution in [0.2, 0.25) is 0 Å². The first-order chi connectivity index (χ1) is 17.6. The number of methoxy groups -OCH3 is 2. The van der Waals surface area contributed by atoms with Crippen LogP contribution in [0.1, 0.15) is 31.8 Å². The van der Waals surface area contributed by atoms with Gasteiger partial charge in [-0.3, -0.25) is 19.6 Å². The van der Waals surface area contributed by atoms with Crippen LogP contribution in [0.3, 0.4) is 0 Å². The zero-order valence-corrected chi connectivity index (χ0v) is 20.1. The molecule has 0 aliphatic rings. The molecule has 0 atom stereocenters. The lowest BCUT2D eigenvalue weighted by molar-refractivity contribution is 0.103. The predicted molar refractivity (Wildman–Crippen MR) is 141 cm³/mol. The molecule has 0 saturated heterocycles. The molecule has 0 aliphatic heterocycles. The van der Waals surface area contributed by atoms with Crippen molar-refractivity contribution in [2.45, 2.75) is 0 Å². The highest BCUT2D eigenvalue weighted by Crippen LogP contribution is 2.14. The van der Waals surface area contributed by atoms with Gasteiger partial charge >= 0.3 is 0 Å². The van der Waals surface area contributed by atoms with Crippen LogP contribution < -0.4 is 9.47 Å². The Labute approximate surface area is 210 Å². The van der Waals surface area contributed by atoms with Crippen LogP contribution in [-0.2, 0) is 0 Å². The molecule has 4 aromatic rings. The largest absolute Gasteiger partial charge is 0.497 e. The van der Waals surface area contributed by atoms with Gasteiger partial charge in [0, 0.05) is 35.9 Å². The Balaban J connectivity index is 0.000000201. The number of benzene rings is 2. The molecule has 0 amide bonds. The minimum atomic E-state index is -0.0341. The second-order valence-corrected chi connectivity index (χ2v) is 7.41. The van der Waals surface area contributed by atoms with Crippen LogP contribution >= 0.6 is 0 Å². The highest BCUT2D eigenvalue weighted by atomic mass is 16.5. The molecule has 2 heterocycles. The Kier molecular flexibility index (Phi) is 9.86. The van der Waals surface area contributed by atoms with Gasteiger partial charge in [-0.15, -0.1) is 0 Å². The number of allylic oxidation sites excluding steroid dienone is 2. The van der Waals surface area contributed by atoms with Crippen molar-refractivity contribution < 1.29 is 19.1 Å². The van der Waals surface area contributed by atoms with Crippen molar-refractivity contribution >= 4 is 23.7 Å². The first-order valence-electron chi connectivity index (χ1n) is 11.1. The smallest absolute Gasteiger partial charge is 0.185 e. The van der Waals surface area contributed by atoms with Gasteiger partial charge in [0.15, 0.2) is 11.6 Å². The lowest BCUT2D eigenvalue weighted by Crippen LogP contribution is -1.93. The van der Waals surface area contributed by atoms with E-state index in [0.29, 0.717) is 11.1 Å². The summed E-state index contributed by atoms with van der Waals surface area (Å²) in [5, 5.41) is 0. The highest BCUT2D eigenvalue weighted by Gasteiger charge is 2.01. The van der Waals surface area contributed by atoms with Crippen molar-refractivity contribution in [3.05, 3.63) is 132 Å². The number of ketones is 2. The van der Waals surface area contributed by atoms with E-state index in [2.05, 4.69) is 9.97 Å². The van der Waals surface area contributed by atoms with Crippen LogP contribution in [-0.4, -0.2) is 35.8 Å². The van der Waals surface area contributed by atoms with Gasteiger partial charge in [0.25, 0.3) is 0 Å². The topological polar surface area (TPSA) is 78.4 Å². The van der Waals surface area contributed by atoms with Crippen molar-refractivity contribution in [2.75, 3.05) is 14.2 Å². The maximum absolute atomic E-state index is 11.8. The second kappa shape index (κ2) is 13.8. The van der Waals surface area contributed by atoms with Crippen LogP contribution in [0.15, 0.2) is 110 Å². The molecular weight excluding hydrogens is 452 g/mol. The maximum Gasteiger partial charge on any atom is 0.185 e. The van der Waals surface area contributed by atoms with Crippen molar-refractivity contribution in [1.29, 1.82) is 0 Å². The van der Waals surface area contributed by atoms with E-state index in [1.54, 1.807) is 87.6 Å². The van der Waals surface area contributed by atoms with Gasteiger partial charge in [0.1, 0.15) is 11.5 Å². The van der Waals surface area contributed by atoms with Crippen LogP contribution in [0.4, 0.5) is 0 Å². The first kappa shape index (κ1) is 25.8. The molecule has 6 heteroatoms. The van der Waals surface area contributed by atoms with E-state index in [1.165, 1.54) is 0 Å². The summed E-state index contributed by atoms with van der Waals surface area (Å²) in [5.41, 5.74) is 3.18. The molecule has 0 bridgehead atoms. The maximum atomic E-state index is 11.8. The number of carbonyl (C=O) groups excluding carboxylic acids is 2. The van der Waals surface area contributed by atoms with Gasteiger partial charge in [-0.05, 0) is 71.8 Å². The minimum Gasteiger partial charge on any atom is -0.497 e. The standard InChI is InChI=1S/2C15H13NO2/c2*1-18-14-5-2-12(3-6-14)4-7-15(17)13-8-10-16-11-9-13/h2*2-11H,1H3/b2*7-4+. The molecule has 4 rings (SSSR count). The van der Waals surface area contributed by atoms with E-state index in [9.17, 15) is 9.59 Å². The number of nitrogens with zero attached hydrogens (tertiary/aromatic N) is 2. The van der Waals surface area contributed by atoms with Crippen LogP contribution in [0, 0.1) is 0 Å². The van der Waals surface area contributed by atoms with Gasteiger partial charge in [-0.2, -0.15) is 0 Å². The first-order valence-corrected chi connectivity index (χ1v) is 11.1. The van der Waals surface area contributed by atoms with Crippen molar-refractivity contribution in [2.24, 2.45) is 0 Å². The summed E-state index contributed by atoms with van der Waals surface area (Å²) in [4.78, 5) is 31.4. The quantitative estimate of drug-likeness (QED) is 0.229. The molecule has 180 valence electrons. The Morgan fingerprint density at radius 2 is 0.889 bits per heavy atom. The number of hydrogen-bond acceptors (Lipinski definition) is 6. The van der Waals surface area contributed by atoms with E-state index >= 15 is 0 Å². The van der Waals surface area contributed by atoms with Gasteiger partial charge in [0.05, 0.1) is 14.2 Å². The molecule has 0 fully saturated rings. The fraction of sp³-hybridized carbons (Fsp3) is 0.0667. The molecule has 2 aromatic heterocycles. The Morgan fingerprint density at radius 1 is 0.556 bits per heavy atom. The summed E-state index contributed by atoms with van der Waals surface area (Å²) in [5.74, 6) is 1.53. The fourth-order valence-electron chi connectivity index (χ4n) is 3.00. The van der Waals surface area contributed by atoms with Crippen LogP contribution in [0.25, 0.3) is 12.2 Å². The molecule has 6 nitrogen and oxygen atoms in total. The third kappa shape index (κ3) is 8.18. The third-order valence-corrected chi connectivity index (χ3v) is 5.02. The number of aromatic nitrogens is 2. The number of rotatable bonds is 8. The van der Waals surface area contributed by atoms with Crippen molar-refractivity contribution in [3.8, 4) is 11.5 Å². The van der Waals surface area contributed by atoms with E-state index < -0.39 is 0 Å². The Morgan fingerprint density at radius 3 is 1.19 bits per heavy atom. The van der Waals surface area contributed by atoms with Crippen molar-refractivity contribution in [3.63, 3.8) is 0 Å². The summed E-state index contributed by atoms with van der Waals surface area (Å²) >= 11 is 0. The van der Waals surface area contributed by atoms with Gasteiger partial charge in [0.2, 0.25) is 0 Å². The molecule has 2 aromatic carbocycles. The zero-order valence-electron chi connectivity index (χ0n) is 20.1. The number of pyridine rings is 2. The Bertz CT molecular complexity index is 1190. The molecule has 0 N–H and O–H groups in total. The average molecular weight is 479 g/mol. The summed E-state index contributed by atoms with van der Waals surface area (Å²) in [6, 6.07) is 21.8. The number of hydrogen-bond donors (Lipinski definition) is 0. The SMILES string of the molecule is COc1ccc(/C=C/C(=O)c2ccncc2)cc1.COc1ccc(/C=C/C(=O)c2ccncc2)cc1. The average Bonchev–Trinajstić information content (AvgIpc) is 2.96.